The Kier molecular flexibility index (Phi) is 5.02. The average Bonchev–Trinajstić information content (AvgIpc) is 3.02. The fourth-order valence-electron chi connectivity index (χ4n) is 2.75. The molecule has 1 saturated heterocycles. The van der Waals surface area contributed by atoms with Crippen molar-refractivity contribution in [1.29, 1.82) is 0 Å². The third-order valence-corrected chi connectivity index (χ3v) is 4.12. The minimum Gasteiger partial charge on any atom is -0.444 e. The van der Waals surface area contributed by atoms with Crippen molar-refractivity contribution >= 4 is 17.7 Å². The molecule has 2 atom stereocenters. The van der Waals surface area contributed by atoms with Crippen molar-refractivity contribution in [2.24, 2.45) is 11.7 Å². The van der Waals surface area contributed by atoms with E-state index in [0.717, 1.165) is 18.7 Å². The fourth-order valence-corrected chi connectivity index (χ4v) is 3.02. The molecule has 2 unspecified atom stereocenters. The summed E-state index contributed by atoms with van der Waals surface area (Å²) in [6, 6.07) is -0.234. The van der Waals surface area contributed by atoms with Gasteiger partial charge in [0.15, 0.2) is 0 Å². The van der Waals surface area contributed by atoms with E-state index in [-0.39, 0.29) is 18.1 Å². The van der Waals surface area contributed by atoms with Crippen molar-refractivity contribution in [1.82, 2.24) is 14.7 Å². The largest absolute Gasteiger partial charge is 0.444 e. The van der Waals surface area contributed by atoms with E-state index in [4.69, 9.17) is 22.1 Å². The number of amides is 1. The second-order valence-electron chi connectivity index (χ2n) is 6.69. The first-order chi connectivity index (χ1) is 10.2. The minimum atomic E-state index is -0.485. The molecule has 7 heteroatoms. The van der Waals surface area contributed by atoms with Crippen molar-refractivity contribution in [2.75, 3.05) is 13.1 Å². The van der Waals surface area contributed by atoms with Gasteiger partial charge in [-0.2, -0.15) is 5.10 Å². The maximum absolute atomic E-state index is 12.1. The van der Waals surface area contributed by atoms with E-state index in [0.29, 0.717) is 18.1 Å². The molecule has 2 heterocycles. The predicted molar refractivity (Wildman–Crippen MR) is 85.8 cm³/mol. The van der Waals surface area contributed by atoms with Crippen LogP contribution in [0, 0.1) is 5.92 Å². The lowest BCUT2D eigenvalue weighted by Crippen LogP contribution is -2.36. The van der Waals surface area contributed by atoms with Crippen LogP contribution in [0.25, 0.3) is 0 Å². The Morgan fingerprint density at radius 3 is 2.86 bits per heavy atom. The number of hydrogen-bond acceptors (Lipinski definition) is 4. The molecule has 22 heavy (non-hydrogen) atoms. The van der Waals surface area contributed by atoms with E-state index >= 15 is 0 Å². The number of aromatic nitrogens is 2. The van der Waals surface area contributed by atoms with Crippen LogP contribution in [-0.2, 0) is 11.3 Å². The van der Waals surface area contributed by atoms with Crippen LogP contribution < -0.4 is 5.73 Å². The summed E-state index contributed by atoms with van der Waals surface area (Å²) in [7, 11) is 0. The second kappa shape index (κ2) is 6.46. The fraction of sp³-hybridized carbons (Fsp3) is 0.733. The standard InChI is InChI=1S/C15H25ClN4O2/c1-5-20-13(11(16)8-18-20)12(17)10-6-7-19(9-10)14(21)22-15(2,3)4/h8,10,12H,5-7,9,17H2,1-4H3. The molecule has 6 nitrogen and oxygen atoms in total. The number of nitrogens with two attached hydrogens (primary N) is 1. The number of likely N-dealkylation sites (tertiary alicyclic amines) is 1. The maximum atomic E-state index is 12.1. The van der Waals surface area contributed by atoms with Crippen LogP contribution in [0.4, 0.5) is 4.79 Å². The molecule has 0 bridgehead atoms. The lowest BCUT2D eigenvalue weighted by atomic mass is 9.97. The number of hydrogen-bond donors (Lipinski definition) is 1. The molecule has 1 amide bonds. The lowest BCUT2D eigenvalue weighted by Gasteiger charge is -2.25. The SMILES string of the molecule is CCn1ncc(Cl)c1C(N)C1CCN(C(=O)OC(C)(C)C)C1. The molecule has 2 rings (SSSR count). The first-order valence-corrected chi connectivity index (χ1v) is 8.05. The van der Waals surface area contributed by atoms with Gasteiger partial charge in [0.2, 0.25) is 0 Å². The molecule has 1 fully saturated rings. The van der Waals surface area contributed by atoms with Crippen LogP contribution in [0.1, 0.15) is 45.9 Å². The second-order valence-corrected chi connectivity index (χ2v) is 7.10. The Morgan fingerprint density at radius 2 is 2.27 bits per heavy atom. The summed E-state index contributed by atoms with van der Waals surface area (Å²) in [5.41, 5.74) is 6.75. The maximum Gasteiger partial charge on any atom is 0.410 e. The molecule has 0 saturated carbocycles. The molecular weight excluding hydrogens is 304 g/mol. The highest BCUT2D eigenvalue weighted by molar-refractivity contribution is 6.31. The third kappa shape index (κ3) is 3.73. The average molecular weight is 329 g/mol. The van der Waals surface area contributed by atoms with Crippen LogP contribution in [0.15, 0.2) is 6.20 Å². The summed E-state index contributed by atoms with van der Waals surface area (Å²) in [4.78, 5) is 13.8. The molecule has 124 valence electrons. The van der Waals surface area contributed by atoms with Crippen LogP contribution in [0.5, 0.6) is 0 Å². The lowest BCUT2D eigenvalue weighted by molar-refractivity contribution is 0.0286. The summed E-state index contributed by atoms with van der Waals surface area (Å²) >= 11 is 6.21. The highest BCUT2D eigenvalue weighted by Gasteiger charge is 2.35. The molecule has 0 spiro atoms. The van der Waals surface area contributed by atoms with Crippen molar-refractivity contribution in [2.45, 2.75) is 52.3 Å². The smallest absolute Gasteiger partial charge is 0.410 e. The van der Waals surface area contributed by atoms with Gasteiger partial charge in [0.25, 0.3) is 0 Å². The van der Waals surface area contributed by atoms with E-state index in [9.17, 15) is 4.79 Å². The van der Waals surface area contributed by atoms with E-state index < -0.39 is 5.60 Å². The Balaban J connectivity index is 2.03. The first-order valence-electron chi connectivity index (χ1n) is 7.67. The highest BCUT2D eigenvalue weighted by atomic mass is 35.5. The number of rotatable bonds is 3. The van der Waals surface area contributed by atoms with E-state index in [1.165, 1.54) is 0 Å². The Hall–Kier alpha value is -1.27. The summed E-state index contributed by atoms with van der Waals surface area (Å²) in [6.07, 6.45) is 2.18. The van der Waals surface area contributed by atoms with E-state index in [1.807, 2.05) is 32.4 Å². The molecule has 2 N–H and O–H groups in total. The van der Waals surface area contributed by atoms with Gasteiger partial charge in [-0.25, -0.2) is 4.79 Å². The molecule has 0 radical (unpaired) electrons. The van der Waals surface area contributed by atoms with Crippen molar-refractivity contribution in [3.63, 3.8) is 0 Å². The normalized spacial score (nSPS) is 20.3. The predicted octanol–water partition coefficient (Wildman–Crippen LogP) is 2.81. The monoisotopic (exact) mass is 328 g/mol. The summed E-state index contributed by atoms with van der Waals surface area (Å²) in [5, 5.41) is 4.82. The van der Waals surface area contributed by atoms with E-state index in [2.05, 4.69) is 5.10 Å². The zero-order valence-electron chi connectivity index (χ0n) is 13.7. The van der Waals surface area contributed by atoms with Gasteiger partial charge >= 0.3 is 6.09 Å². The molecule has 1 aliphatic rings. The topological polar surface area (TPSA) is 73.4 Å². The zero-order chi connectivity index (χ0) is 16.5. The molecule has 1 aromatic rings. The number of aryl methyl sites for hydroxylation is 1. The Bertz CT molecular complexity index is 538. The third-order valence-electron chi connectivity index (χ3n) is 3.83. The molecule has 1 aromatic heterocycles. The van der Waals surface area contributed by atoms with Crippen LogP contribution >= 0.6 is 11.6 Å². The van der Waals surface area contributed by atoms with Crippen LogP contribution in [-0.4, -0.2) is 39.5 Å². The van der Waals surface area contributed by atoms with Gasteiger partial charge in [0.1, 0.15) is 5.60 Å². The van der Waals surface area contributed by atoms with Gasteiger partial charge in [-0.15, -0.1) is 0 Å². The van der Waals surface area contributed by atoms with E-state index in [1.54, 1.807) is 11.1 Å². The van der Waals surface area contributed by atoms with Crippen LogP contribution in [0.2, 0.25) is 5.02 Å². The summed E-state index contributed by atoms with van der Waals surface area (Å²) in [5.74, 6) is 0.159. The quantitative estimate of drug-likeness (QED) is 0.926. The minimum absolute atomic E-state index is 0.159. The van der Waals surface area contributed by atoms with Gasteiger partial charge in [0.05, 0.1) is 23.0 Å². The van der Waals surface area contributed by atoms with Crippen LogP contribution in [0.3, 0.4) is 0 Å². The number of ether oxygens (including phenoxy) is 1. The number of halogens is 1. The van der Waals surface area contributed by atoms with Gasteiger partial charge in [-0.1, -0.05) is 11.6 Å². The molecule has 0 aliphatic carbocycles. The first kappa shape index (κ1) is 17.1. The van der Waals surface area contributed by atoms with Gasteiger partial charge in [-0.3, -0.25) is 4.68 Å². The van der Waals surface area contributed by atoms with Crippen molar-refractivity contribution < 1.29 is 9.53 Å². The van der Waals surface area contributed by atoms with Crippen molar-refractivity contribution in [3.8, 4) is 0 Å². The van der Waals surface area contributed by atoms with Crippen molar-refractivity contribution in [3.05, 3.63) is 16.9 Å². The summed E-state index contributed by atoms with van der Waals surface area (Å²) < 4.78 is 7.23. The van der Waals surface area contributed by atoms with Gasteiger partial charge in [0, 0.05) is 19.6 Å². The Morgan fingerprint density at radius 1 is 1.59 bits per heavy atom. The number of carbonyl (C=O) groups excluding carboxylic acids is 1. The highest BCUT2D eigenvalue weighted by Crippen LogP contribution is 2.32. The molecule has 0 aromatic carbocycles. The van der Waals surface area contributed by atoms with Gasteiger partial charge in [-0.05, 0) is 40.0 Å². The summed E-state index contributed by atoms with van der Waals surface area (Å²) in [6.45, 7) is 9.56. The number of carbonyl (C=O) groups is 1. The zero-order valence-corrected chi connectivity index (χ0v) is 14.4. The Labute approximate surface area is 136 Å². The molecular formula is C15H25ClN4O2. The molecule has 1 aliphatic heterocycles. The van der Waals surface area contributed by atoms with Gasteiger partial charge < -0.3 is 15.4 Å². The number of nitrogens with zero attached hydrogens (tertiary/aromatic N) is 3.